The molecule has 0 bridgehead atoms. The van der Waals surface area contributed by atoms with Gasteiger partial charge in [-0.05, 0) is 44.9 Å². The molecule has 2 N–H and O–H groups in total. The molecule has 29 heavy (non-hydrogen) atoms. The summed E-state index contributed by atoms with van der Waals surface area (Å²) in [4.78, 5) is 26.2. The van der Waals surface area contributed by atoms with Crippen LogP contribution in [0.2, 0.25) is 0 Å². The maximum Gasteiger partial charge on any atom is 0.407 e. The highest BCUT2D eigenvalue weighted by Gasteiger charge is 2.34. The molecule has 0 saturated carbocycles. The van der Waals surface area contributed by atoms with Crippen LogP contribution in [-0.2, 0) is 16.1 Å². The second-order valence-electron chi connectivity index (χ2n) is 7.49. The second-order valence-corrected chi connectivity index (χ2v) is 7.49. The van der Waals surface area contributed by atoms with Crippen molar-refractivity contribution in [3.63, 3.8) is 0 Å². The monoisotopic (exact) mass is 401 g/mol. The number of alkyl carbamates (subject to hydrolysis) is 1. The van der Waals surface area contributed by atoms with Gasteiger partial charge in [0.2, 0.25) is 5.91 Å². The number of benzene rings is 1. The molecule has 0 fully saturated rings. The third-order valence-corrected chi connectivity index (χ3v) is 4.82. The van der Waals surface area contributed by atoms with Gasteiger partial charge in [0.05, 0.1) is 31.5 Å². The molecule has 9 heteroatoms. The average molecular weight is 401 g/mol. The van der Waals surface area contributed by atoms with Crippen LogP contribution in [0, 0.1) is 0 Å². The van der Waals surface area contributed by atoms with E-state index in [1.165, 1.54) is 6.92 Å². The van der Waals surface area contributed by atoms with Crippen molar-refractivity contribution in [3.05, 3.63) is 30.0 Å². The minimum atomic E-state index is -0.487. The largest absolute Gasteiger partial charge is 0.447 e. The van der Waals surface area contributed by atoms with Crippen LogP contribution in [0.3, 0.4) is 0 Å². The van der Waals surface area contributed by atoms with E-state index < -0.39 is 6.09 Å². The quantitative estimate of drug-likeness (QED) is 0.795. The number of nitrogens with one attached hydrogen (secondary N) is 1. The van der Waals surface area contributed by atoms with E-state index in [0.29, 0.717) is 18.7 Å². The zero-order valence-electron chi connectivity index (χ0n) is 17.1. The van der Waals surface area contributed by atoms with Gasteiger partial charge in [0.25, 0.3) is 0 Å². The molecule has 2 unspecified atom stereocenters. The highest BCUT2D eigenvalue weighted by Crippen LogP contribution is 2.39. The first-order valence-corrected chi connectivity index (χ1v) is 9.72. The zero-order chi connectivity index (χ0) is 21.1. The molecule has 1 aliphatic rings. The Labute approximate surface area is 169 Å². The number of nitrogens with zero attached hydrogens (tertiary/aromatic N) is 4. The fraction of sp³-hybridized carbons (Fsp3) is 0.500. The van der Waals surface area contributed by atoms with Crippen LogP contribution in [-0.4, -0.2) is 50.9 Å². The number of aromatic nitrogens is 3. The summed E-state index contributed by atoms with van der Waals surface area (Å²) in [7, 11) is 0. The topological polar surface area (TPSA) is 110 Å². The number of amides is 2. The second kappa shape index (κ2) is 8.60. The van der Waals surface area contributed by atoms with Crippen molar-refractivity contribution in [1.82, 2.24) is 20.3 Å². The predicted octanol–water partition coefficient (Wildman–Crippen LogP) is 2.26. The van der Waals surface area contributed by atoms with Crippen LogP contribution in [0.4, 0.5) is 10.5 Å². The molecule has 2 heterocycles. The van der Waals surface area contributed by atoms with Gasteiger partial charge in [0.1, 0.15) is 5.69 Å². The first-order chi connectivity index (χ1) is 13.8. The minimum absolute atomic E-state index is 0.0254. The van der Waals surface area contributed by atoms with Crippen LogP contribution in [0.15, 0.2) is 24.4 Å². The highest BCUT2D eigenvalue weighted by atomic mass is 16.6. The smallest absolute Gasteiger partial charge is 0.407 e. The zero-order valence-corrected chi connectivity index (χ0v) is 17.1. The van der Waals surface area contributed by atoms with Crippen LogP contribution in [0.5, 0.6) is 0 Å². The number of carbonyl (C=O) groups excluding carboxylic acids is 2. The summed E-state index contributed by atoms with van der Waals surface area (Å²) in [5.74, 6) is -0.0522. The van der Waals surface area contributed by atoms with Crippen LogP contribution < -0.4 is 10.2 Å². The molecule has 2 atom stereocenters. The normalized spacial score (nSPS) is 18.5. The number of aliphatic hydroxyl groups is 1. The highest BCUT2D eigenvalue weighted by molar-refractivity contribution is 5.94. The van der Waals surface area contributed by atoms with Crippen molar-refractivity contribution >= 4 is 17.7 Å². The molecule has 156 valence electrons. The van der Waals surface area contributed by atoms with E-state index in [1.54, 1.807) is 29.6 Å². The van der Waals surface area contributed by atoms with Gasteiger partial charge in [-0.25, -0.2) is 9.48 Å². The SMILES string of the molecule is CC(=O)N1c2ccc(-c3cn(CCO)nn3)cc2C(NC(=O)OC(C)C)CC1C. The Bertz CT molecular complexity index is 895. The molecular formula is C20H27N5O4. The Balaban J connectivity index is 1.98. The van der Waals surface area contributed by atoms with Crippen molar-refractivity contribution in [2.45, 2.75) is 58.8 Å². The van der Waals surface area contributed by atoms with E-state index in [9.17, 15) is 9.59 Å². The third kappa shape index (κ3) is 4.56. The number of rotatable bonds is 5. The maximum absolute atomic E-state index is 12.2. The van der Waals surface area contributed by atoms with E-state index >= 15 is 0 Å². The molecular weight excluding hydrogens is 374 g/mol. The standard InChI is InChI=1S/C20H27N5O4/c1-12(2)29-20(28)21-17-9-13(3)25(14(4)27)19-6-5-15(10-16(17)19)18-11-24(7-8-26)23-22-18/h5-6,10-13,17,26H,7-9H2,1-4H3,(H,21,28). The van der Waals surface area contributed by atoms with Gasteiger partial charge >= 0.3 is 6.09 Å². The summed E-state index contributed by atoms with van der Waals surface area (Å²) in [5.41, 5.74) is 3.05. The van der Waals surface area contributed by atoms with Crippen LogP contribution >= 0.6 is 0 Å². The van der Waals surface area contributed by atoms with Crippen LogP contribution in [0.1, 0.15) is 45.7 Å². The minimum Gasteiger partial charge on any atom is -0.447 e. The Morgan fingerprint density at radius 1 is 1.38 bits per heavy atom. The van der Waals surface area contributed by atoms with E-state index in [1.807, 2.05) is 25.1 Å². The van der Waals surface area contributed by atoms with E-state index in [2.05, 4.69) is 15.6 Å². The van der Waals surface area contributed by atoms with Gasteiger partial charge in [0, 0.05) is 24.2 Å². The number of fused-ring (bicyclic) bond motifs is 1. The van der Waals surface area contributed by atoms with Crippen molar-refractivity contribution in [3.8, 4) is 11.3 Å². The fourth-order valence-electron chi connectivity index (χ4n) is 3.67. The molecule has 3 rings (SSSR count). The molecule has 1 aliphatic heterocycles. The van der Waals surface area contributed by atoms with E-state index in [4.69, 9.17) is 9.84 Å². The molecule has 2 amide bonds. The van der Waals surface area contributed by atoms with Gasteiger partial charge in [-0.3, -0.25) is 4.79 Å². The molecule has 0 saturated heterocycles. The summed E-state index contributed by atoms with van der Waals surface area (Å²) in [6, 6.07) is 5.30. The Morgan fingerprint density at radius 3 is 2.79 bits per heavy atom. The number of carbonyl (C=O) groups is 2. The number of ether oxygens (including phenoxy) is 1. The van der Waals surface area contributed by atoms with Crippen molar-refractivity contribution in [1.29, 1.82) is 0 Å². The Hall–Kier alpha value is -2.94. The summed E-state index contributed by atoms with van der Waals surface area (Å²) in [6.07, 6.45) is 1.61. The van der Waals surface area contributed by atoms with Crippen molar-refractivity contribution in [2.75, 3.05) is 11.5 Å². The maximum atomic E-state index is 12.2. The lowest BCUT2D eigenvalue weighted by molar-refractivity contribution is -0.117. The lowest BCUT2D eigenvalue weighted by Gasteiger charge is -2.39. The van der Waals surface area contributed by atoms with E-state index in [-0.39, 0.29) is 30.7 Å². The number of aliphatic hydroxyl groups excluding tert-OH is 1. The lowest BCUT2D eigenvalue weighted by Crippen LogP contribution is -2.45. The third-order valence-electron chi connectivity index (χ3n) is 4.82. The molecule has 2 aromatic rings. The first kappa shape index (κ1) is 20.8. The van der Waals surface area contributed by atoms with E-state index in [0.717, 1.165) is 16.8 Å². The van der Waals surface area contributed by atoms with Crippen LogP contribution in [0.25, 0.3) is 11.3 Å². The first-order valence-electron chi connectivity index (χ1n) is 9.72. The predicted molar refractivity (Wildman–Crippen MR) is 107 cm³/mol. The molecule has 9 nitrogen and oxygen atoms in total. The summed E-state index contributed by atoms with van der Waals surface area (Å²) in [5, 5.41) is 20.2. The summed E-state index contributed by atoms with van der Waals surface area (Å²) < 4.78 is 6.81. The van der Waals surface area contributed by atoms with Gasteiger partial charge in [-0.15, -0.1) is 5.10 Å². The molecule has 1 aromatic heterocycles. The van der Waals surface area contributed by atoms with Gasteiger partial charge in [-0.1, -0.05) is 11.3 Å². The number of hydrogen-bond donors (Lipinski definition) is 2. The molecule has 1 aromatic carbocycles. The fourth-order valence-corrected chi connectivity index (χ4v) is 3.67. The van der Waals surface area contributed by atoms with Crippen molar-refractivity contribution < 1.29 is 19.4 Å². The lowest BCUT2D eigenvalue weighted by atomic mass is 9.90. The number of anilines is 1. The van der Waals surface area contributed by atoms with Gasteiger partial charge in [-0.2, -0.15) is 0 Å². The molecule has 0 aliphatic carbocycles. The number of hydrogen-bond acceptors (Lipinski definition) is 6. The van der Waals surface area contributed by atoms with Crippen molar-refractivity contribution in [2.24, 2.45) is 0 Å². The van der Waals surface area contributed by atoms with Gasteiger partial charge < -0.3 is 20.1 Å². The average Bonchev–Trinajstić information content (AvgIpc) is 3.09. The summed E-state index contributed by atoms with van der Waals surface area (Å²) >= 11 is 0. The summed E-state index contributed by atoms with van der Waals surface area (Å²) in [6.45, 7) is 7.42. The Morgan fingerprint density at radius 2 is 2.14 bits per heavy atom. The molecule has 0 spiro atoms. The Kier molecular flexibility index (Phi) is 6.17. The van der Waals surface area contributed by atoms with Gasteiger partial charge in [0.15, 0.2) is 0 Å². The molecule has 0 radical (unpaired) electrons.